The predicted octanol–water partition coefficient (Wildman–Crippen LogP) is 7.57. The first kappa shape index (κ1) is 33.6. The molecule has 0 aliphatic carbocycles. The molecular formula is C32H36Cl2N4O5. The van der Waals surface area contributed by atoms with Gasteiger partial charge in [-0.2, -0.15) is 0 Å². The van der Waals surface area contributed by atoms with E-state index in [0.29, 0.717) is 40.1 Å². The summed E-state index contributed by atoms with van der Waals surface area (Å²) in [7, 11) is 0. The highest BCUT2D eigenvalue weighted by Crippen LogP contribution is 2.36. The number of hydrogen-bond acceptors (Lipinski definition) is 7. The third-order valence-corrected chi connectivity index (χ3v) is 6.99. The van der Waals surface area contributed by atoms with Crippen LogP contribution >= 0.6 is 23.2 Å². The van der Waals surface area contributed by atoms with Crippen molar-refractivity contribution in [3.05, 3.63) is 99.7 Å². The summed E-state index contributed by atoms with van der Waals surface area (Å²) in [5.41, 5.74) is 4.41. The topological polar surface area (TPSA) is 122 Å². The van der Waals surface area contributed by atoms with E-state index in [1.165, 1.54) is 0 Å². The van der Waals surface area contributed by atoms with Crippen LogP contribution in [0.4, 0.5) is 16.2 Å². The molecule has 0 fully saturated rings. The molecule has 9 nitrogen and oxygen atoms in total. The van der Waals surface area contributed by atoms with Gasteiger partial charge >= 0.3 is 12.1 Å². The van der Waals surface area contributed by atoms with E-state index in [0.717, 1.165) is 48.1 Å². The van der Waals surface area contributed by atoms with E-state index < -0.39 is 12.1 Å². The van der Waals surface area contributed by atoms with Gasteiger partial charge in [0.2, 0.25) is 0 Å². The number of nitrogens with zero attached hydrogens (tertiary/aromatic N) is 1. The van der Waals surface area contributed by atoms with E-state index in [-0.39, 0.29) is 6.79 Å². The number of rotatable bonds is 13. The number of amides is 1. The number of pyridine rings is 1. The first-order valence-corrected chi connectivity index (χ1v) is 14.6. The molecule has 1 amide bonds. The van der Waals surface area contributed by atoms with Gasteiger partial charge in [-0.3, -0.25) is 4.98 Å². The number of carboxylic acid groups (broad SMARTS) is 1. The molecule has 3 aromatic carbocycles. The quantitative estimate of drug-likeness (QED) is 0.0681. The zero-order chi connectivity index (χ0) is 31.0. The minimum Gasteiger partial charge on any atom is -0.465 e. The third-order valence-electron chi connectivity index (χ3n) is 6.19. The van der Waals surface area contributed by atoms with Crippen LogP contribution < -0.4 is 16.0 Å². The number of para-hydroxylation sites is 2. The normalized spacial score (nSPS) is 10.5. The molecule has 0 unspecified atom stereocenters. The van der Waals surface area contributed by atoms with Crippen molar-refractivity contribution in [1.82, 2.24) is 15.6 Å². The van der Waals surface area contributed by atoms with Crippen molar-refractivity contribution < 1.29 is 24.2 Å². The number of carbonyl (C=O) groups excluding carboxylic acids is 1. The van der Waals surface area contributed by atoms with E-state index in [9.17, 15) is 9.59 Å². The molecule has 0 bridgehead atoms. The molecule has 0 aliphatic heterocycles. The lowest BCUT2D eigenvalue weighted by atomic mass is 10.1. The van der Waals surface area contributed by atoms with Gasteiger partial charge in [-0.05, 0) is 69.1 Å². The molecule has 1 aromatic heterocycles. The van der Waals surface area contributed by atoms with E-state index in [1.807, 2.05) is 44.2 Å². The van der Waals surface area contributed by atoms with Crippen LogP contribution in [0, 0.1) is 6.92 Å². The van der Waals surface area contributed by atoms with E-state index in [2.05, 4.69) is 33.1 Å². The fraction of sp³-hybridized carbons (Fsp3) is 0.281. The van der Waals surface area contributed by atoms with Gasteiger partial charge in [-0.25, -0.2) is 9.59 Å². The van der Waals surface area contributed by atoms with Gasteiger partial charge in [0, 0.05) is 25.1 Å². The second-order valence-electron chi connectivity index (χ2n) is 9.38. The van der Waals surface area contributed by atoms with Gasteiger partial charge in [0.25, 0.3) is 0 Å². The zero-order valence-corrected chi connectivity index (χ0v) is 25.7. The van der Waals surface area contributed by atoms with Crippen LogP contribution in [0.25, 0.3) is 10.9 Å². The van der Waals surface area contributed by atoms with Crippen LogP contribution in [0.15, 0.2) is 72.8 Å². The number of halogens is 2. The first-order valence-electron chi connectivity index (χ1n) is 13.9. The SMILES string of the molecule is CCOCOC(=O)c1ccccc1Nc1c(Cl)ccc(C)c1Cl.O=C(O)NCCCCNCc1ccc2ccccc2n1. The number of fused-ring (bicyclic) bond motifs is 1. The van der Waals surface area contributed by atoms with Crippen molar-refractivity contribution >= 4 is 57.5 Å². The van der Waals surface area contributed by atoms with Gasteiger partial charge in [0.15, 0.2) is 6.79 Å². The Morgan fingerprint density at radius 2 is 1.67 bits per heavy atom. The Labute approximate surface area is 261 Å². The molecule has 0 saturated heterocycles. The fourth-order valence-electron chi connectivity index (χ4n) is 3.93. The monoisotopic (exact) mass is 626 g/mol. The number of carbonyl (C=O) groups is 2. The fourth-order valence-corrected chi connectivity index (χ4v) is 4.39. The second kappa shape index (κ2) is 17.9. The molecule has 1 heterocycles. The van der Waals surface area contributed by atoms with Crippen LogP contribution in [0.5, 0.6) is 0 Å². The van der Waals surface area contributed by atoms with Crippen LogP contribution in [-0.2, 0) is 16.0 Å². The number of aryl methyl sites for hydroxylation is 1. The minimum atomic E-state index is -0.960. The van der Waals surface area contributed by atoms with Gasteiger partial charge in [0.1, 0.15) is 0 Å². The van der Waals surface area contributed by atoms with Crippen LogP contribution in [0.1, 0.15) is 41.4 Å². The molecule has 43 heavy (non-hydrogen) atoms. The Kier molecular flexibility index (Phi) is 14.0. The summed E-state index contributed by atoms with van der Waals surface area (Å²) in [4.78, 5) is 27.0. The van der Waals surface area contributed by atoms with Crippen molar-refractivity contribution in [1.29, 1.82) is 0 Å². The summed E-state index contributed by atoms with van der Waals surface area (Å²) < 4.78 is 10.1. The Hall–Kier alpha value is -3.89. The molecule has 4 rings (SSSR count). The molecule has 11 heteroatoms. The number of anilines is 2. The molecule has 0 radical (unpaired) electrons. The highest BCUT2D eigenvalue weighted by atomic mass is 35.5. The van der Waals surface area contributed by atoms with E-state index in [4.69, 9.17) is 37.8 Å². The lowest BCUT2D eigenvalue weighted by Crippen LogP contribution is -2.23. The summed E-state index contributed by atoms with van der Waals surface area (Å²) in [6.45, 7) is 6.19. The number of unbranched alkanes of at least 4 members (excludes halogenated alkanes) is 1. The minimum absolute atomic E-state index is 0.0877. The van der Waals surface area contributed by atoms with Crippen LogP contribution in [0.3, 0.4) is 0 Å². The lowest BCUT2D eigenvalue weighted by Gasteiger charge is -2.15. The molecule has 0 spiro atoms. The number of ether oxygens (including phenoxy) is 2. The van der Waals surface area contributed by atoms with E-state index in [1.54, 1.807) is 30.3 Å². The summed E-state index contributed by atoms with van der Waals surface area (Å²) >= 11 is 12.5. The highest BCUT2D eigenvalue weighted by molar-refractivity contribution is 6.39. The second-order valence-corrected chi connectivity index (χ2v) is 10.2. The summed E-state index contributed by atoms with van der Waals surface area (Å²) in [6.07, 6.45) is 0.816. The smallest absolute Gasteiger partial charge is 0.404 e. The van der Waals surface area contributed by atoms with Crippen LogP contribution in [0.2, 0.25) is 10.0 Å². The zero-order valence-electron chi connectivity index (χ0n) is 24.2. The molecule has 0 aliphatic rings. The maximum absolute atomic E-state index is 12.2. The third kappa shape index (κ3) is 11.0. The van der Waals surface area contributed by atoms with Gasteiger partial charge in [0.05, 0.1) is 38.2 Å². The average Bonchev–Trinajstić information content (AvgIpc) is 3.01. The summed E-state index contributed by atoms with van der Waals surface area (Å²) in [6, 6.07) is 22.7. The lowest BCUT2D eigenvalue weighted by molar-refractivity contribution is -0.0273. The number of aromatic nitrogens is 1. The largest absolute Gasteiger partial charge is 0.465 e. The number of hydrogen-bond donors (Lipinski definition) is 4. The molecule has 0 atom stereocenters. The van der Waals surface area contributed by atoms with Gasteiger partial charge in [-0.1, -0.05) is 65.7 Å². The first-order chi connectivity index (χ1) is 20.8. The number of nitrogens with one attached hydrogen (secondary N) is 3. The molecule has 4 aromatic rings. The van der Waals surface area contributed by atoms with Crippen LogP contribution in [-0.4, -0.2) is 48.6 Å². The van der Waals surface area contributed by atoms with Crippen molar-refractivity contribution in [2.45, 2.75) is 33.2 Å². The Morgan fingerprint density at radius 3 is 2.47 bits per heavy atom. The van der Waals surface area contributed by atoms with Crippen molar-refractivity contribution in [3.8, 4) is 0 Å². The Morgan fingerprint density at radius 1 is 0.930 bits per heavy atom. The molecular weight excluding hydrogens is 591 g/mol. The van der Waals surface area contributed by atoms with Gasteiger partial charge in [-0.15, -0.1) is 0 Å². The van der Waals surface area contributed by atoms with Crippen molar-refractivity contribution in [3.63, 3.8) is 0 Å². The van der Waals surface area contributed by atoms with Crippen molar-refractivity contribution in [2.24, 2.45) is 0 Å². The summed E-state index contributed by atoms with van der Waals surface area (Å²) in [5.74, 6) is -0.485. The maximum atomic E-state index is 12.2. The predicted molar refractivity (Wildman–Crippen MR) is 172 cm³/mol. The highest BCUT2D eigenvalue weighted by Gasteiger charge is 2.15. The van der Waals surface area contributed by atoms with Gasteiger partial charge < -0.3 is 30.5 Å². The molecule has 228 valence electrons. The Balaban J connectivity index is 0.000000238. The number of esters is 1. The Bertz CT molecular complexity index is 1500. The van der Waals surface area contributed by atoms with Crippen molar-refractivity contribution in [2.75, 3.05) is 31.8 Å². The number of benzene rings is 3. The molecule has 4 N–H and O–H groups in total. The average molecular weight is 628 g/mol. The maximum Gasteiger partial charge on any atom is 0.404 e. The molecule has 0 saturated carbocycles. The van der Waals surface area contributed by atoms with E-state index >= 15 is 0 Å². The standard InChI is InChI=1S/C17H17Cl2NO3.C15H19N3O2/c1-3-22-10-23-17(21)12-6-4-5-7-14(12)20-16-13(18)9-8-11(2)15(16)19;19-15(20)17-10-4-3-9-16-11-13-8-7-12-5-1-2-6-14(12)18-13/h4-9,20H,3,10H2,1-2H3;1-2,5-8,16-17H,3-4,9-11H2,(H,19,20). The summed E-state index contributed by atoms with van der Waals surface area (Å²) in [5, 5.41) is 19.3.